The molecule has 1 rings (SSSR count). The van der Waals surface area contributed by atoms with Crippen molar-refractivity contribution in [3.05, 3.63) is 0 Å². The zero-order valence-corrected chi connectivity index (χ0v) is 9.78. The minimum atomic E-state index is -0.602. The van der Waals surface area contributed by atoms with Gasteiger partial charge in [-0.25, -0.2) is 0 Å². The molecule has 90 valence electrons. The minimum absolute atomic E-state index is 0.0289. The zero-order chi connectivity index (χ0) is 11.7. The van der Waals surface area contributed by atoms with Crippen molar-refractivity contribution >= 4 is 5.97 Å². The summed E-state index contributed by atoms with van der Waals surface area (Å²) in [5.74, 6) is -0.631. The number of aliphatic carboxylic acids is 1. The lowest BCUT2D eigenvalue weighted by Crippen LogP contribution is -2.16. The fourth-order valence-electron chi connectivity index (χ4n) is 1.55. The van der Waals surface area contributed by atoms with E-state index in [0.717, 1.165) is 32.2 Å². The van der Waals surface area contributed by atoms with Crippen molar-refractivity contribution in [1.29, 1.82) is 0 Å². The van der Waals surface area contributed by atoms with E-state index in [2.05, 4.69) is 0 Å². The van der Waals surface area contributed by atoms with Gasteiger partial charge < -0.3 is 15.1 Å². The number of aliphatic hydroxyl groups excluding tert-OH is 1. The van der Waals surface area contributed by atoms with Crippen LogP contribution in [0.25, 0.3) is 0 Å². The molecule has 0 amide bonds. The van der Waals surface area contributed by atoms with Crippen LogP contribution in [-0.4, -0.2) is 48.3 Å². The van der Waals surface area contributed by atoms with Crippen LogP contribution in [0.4, 0.5) is 0 Å². The molecule has 1 saturated carbocycles. The molecule has 0 bridgehead atoms. The van der Waals surface area contributed by atoms with Crippen LogP contribution in [0, 0.1) is 5.92 Å². The Morgan fingerprint density at radius 2 is 1.80 bits per heavy atom. The highest BCUT2D eigenvalue weighted by atomic mass is 16.4. The average molecular weight is 217 g/mol. The van der Waals surface area contributed by atoms with Gasteiger partial charge >= 0.3 is 5.97 Å². The van der Waals surface area contributed by atoms with Gasteiger partial charge in [-0.1, -0.05) is 19.3 Å². The molecule has 0 spiro atoms. The molecule has 2 N–H and O–H groups in total. The highest BCUT2D eigenvalue weighted by Crippen LogP contribution is 2.23. The molecule has 0 aromatic rings. The van der Waals surface area contributed by atoms with Crippen LogP contribution in [0.1, 0.15) is 32.1 Å². The summed E-state index contributed by atoms with van der Waals surface area (Å²) < 4.78 is 0. The Bertz CT molecular complexity index is 165. The fraction of sp³-hybridized carbons (Fsp3) is 0.909. The topological polar surface area (TPSA) is 60.8 Å². The van der Waals surface area contributed by atoms with Gasteiger partial charge in [-0.15, -0.1) is 0 Å². The number of carboxylic acid groups (broad SMARTS) is 1. The lowest BCUT2D eigenvalue weighted by Gasteiger charge is -2.16. The summed E-state index contributed by atoms with van der Waals surface area (Å²) in [6.07, 6.45) is 5.24. The molecule has 0 aliphatic heterocycles. The van der Waals surface area contributed by atoms with E-state index in [1.807, 2.05) is 19.0 Å². The third-order valence-electron chi connectivity index (χ3n) is 2.50. The van der Waals surface area contributed by atoms with Gasteiger partial charge in [0.1, 0.15) is 0 Å². The average Bonchev–Trinajstić information content (AvgIpc) is 2.20. The first-order valence-electron chi connectivity index (χ1n) is 5.56. The van der Waals surface area contributed by atoms with E-state index in [1.54, 1.807) is 0 Å². The lowest BCUT2D eigenvalue weighted by atomic mass is 9.90. The minimum Gasteiger partial charge on any atom is -0.481 e. The van der Waals surface area contributed by atoms with Gasteiger partial charge in [0.05, 0.1) is 12.5 Å². The molecule has 0 aromatic carbocycles. The predicted molar refractivity (Wildman–Crippen MR) is 59.9 cm³/mol. The normalized spacial score (nSPS) is 17.1. The van der Waals surface area contributed by atoms with Crippen molar-refractivity contribution < 1.29 is 15.0 Å². The third kappa shape index (κ3) is 8.39. The molecule has 4 heteroatoms. The van der Waals surface area contributed by atoms with E-state index in [0.29, 0.717) is 0 Å². The Labute approximate surface area is 91.9 Å². The highest BCUT2D eigenvalue weighted by Gasteiger charge is 2.19. The second-order valence-corrected chi connectivity index (χ2v) is 4.20. The van der Waals surface area contributed by atoms with Gasteiger partial charge in [0.15, 0.2) is 0 Å². The number of carboxylic acids is 1. The van der Waals surface area contributed by atoms with E-state index in [-0.39, 0.29) is 12.5 Å². The van der Waals surface area contributed by atoms with E-state index in [9.17, 15) is 4.79 Å². The summed E-state index contributed by atoms with van der Waals surface area (Å²) in [5, 5.41) is 16.7. The Morgan fingerprint density at radius 1 is 1.27 bits per heavy atom. The van der Waals surface area contributed by atoms with Crippen molar-refractivity contribution in [2.75, 3.05) is 27.2 Å². The largest absolute Gasteiger partial charge is 0.481 e. The van der Waals surface area contributed by atoms with Crippen LogP contribution < -0.4 is 0 Å². The number of hydrogen-bond donors (Lipinski definition) is 2. The predicted octanol–water partition coefficient (Wildman–Crippen LogP) is 1.19. The second-order valence-electron chi connectivity index (χ2n) is 4.20. The molecule has 1 fully saturated rings. The molecular weight excluding hydrogens is 194 g/mol. The monoisotopic (exact) mass is 217 g/mol. The van der Waals surface area contributed by atoms with E-state index in [1.165, 1.54) is 6.42 Å². The first-order valence-corrected chi connectivity index (χ1v) is 5.56. The second kappa shape index (κ2) is 8.68. The summed E-state index contributed by atoms with van der Waals surface area (Å²) >= 11 is 0. The SMILES string of the molecule is CN(C)CCO.O=C(O)C1CCCCC1. The van der Waals surface area contributed by atoms with Gasteiger partial charge in [-0.2, -0.15) is 0 Å². The maximum atomic E-state index is 10.4. The summed E-state index contributed by atoms with van der Waals surface area (Å²) in [5.41, 5.74) is 0. The number of aliphatic hydroxyl groups is 1. The highest BCUT2D eigenvalue weighted by molar-refractivity contribution is 5.69. The standard InChI is InChI=1S/C7H12O2.C4H11NO/c8-7(9)6-4-2-1-3-5-6;1-5(2)3-4-6/h6H,1-5H2,(H,8,9);6H,3-4H2,1-2H3. The van der Waals surface area contributed by atoms with Gasteiger partial charge in [-0.05, 0) is 26.9 Å². The maximum absolute atomic E-state index is 10.4. The Morgan fingerprint density at radius 3 is 2.00 bits per heavy atom. The quantitative estimate of drug-likeness (QED) is 0.745. The van der Waals surface area contributed by atoms with Gasteiger partial charge in [0.2, 0.25) is 0 Å². The molecule has 1 aliphatic rings. The molecule has 4 nitrogen and oxygen atoms in total. The van der Waals surface area contributed by atoms with Crippen molar-refractivity contribution in [1.82, 2.24) is 4.90 Å². The van der Waals surface area contributed by atoms with Crippen LogP contribution in [0.3, 0.4) is 0 Å². The first-order chi connectivity index (χ1) is 7.07. The molecule has 15 heavy (non-hydrogen) atoms. The molecule has 0 unspecified atom stereocenters. The van der Waals surface area contributed by atoms with Crippen LogP contribution in [0.5, 0.6) is 0 Å². The fourth-order valence-corrected chi connectivity index (χ4v) is 1.55. The molecule has 0 aromatic heterocycles. The van der Waals surface area contributed by atoms with Gasteiger partial charge in [0.25, 0.3) is 0 Å². The van der Waals surface area contributed by atoms with Crippen LogP contribution >= 0.6 is 0 Å². The third-order valence-corrected chi connectivity index (χ3v) is 2.50. The van der Waals surface area contributed by atoms with Crippen LogP contribution in [0.15, 0.2) is 0 Å². The van der Waals surface area contributed by atoms with Crippen molar-refractivity contribution in [3.63, 3.8) is 0 Å². The summed E-state index contributed by atoms with van der Waals surface area (Å²) in [6.45, 7) is 1.02. The number of rotatable bonds is 3. The summed E-state index contributed by atoms with van der Waals surface area (Å²) in [7, 11) is 3.85. The Kier molecular flexibility index (Phi) is 8.33. The molecule has 0 saturated heterocycles. The lowest BCUT2D eigenvalue weighted by molar-refractivity contribution is -0.142. The van der Waals surface area contributed by atoms with E-state index >= 15 is 0 Å². The van der Waals surface area contributed by atoms with Crippen molar-refractivity contribution in [2.24, 2.45) is 5.92 Å². The zero-order valence-electron chi connectivity index (χ0n) is 9.78. The number of hydrogen-bond acceptors (Lipinski definition) is 3. The van der Waals surface area contributed by atoms with Gasteiger partial charge in [-0.3, -0.25) is 4.79 Å². The number of carbonyl (C=O) groups is 1. The maximum Gasteiger partial charge on any atom is 0.306 e. The summed E-state index contributed by atoms with van der Waals surface area (Å²) in [4.78, 5) is 12.3. The van der Waals surface area contributed by atoms with E-state index < -0.39 is 5.97 Å². The smallest absolute Gasteiger partial charge is 0.306 e. The van der Waals surface area contributed by atoms with Crippen LogP contribution in [-0.2, 0) is 4.79 Å². The Balaban J connectivity index is 0.000000288. The Hall–Kier alpha value is -0.610. The van der Waals surface area contributed by atoms with Crippen LogP contribution in [0.2, 0.25) is 0 Å². The molecule has 0 atom stereocenters. The molecule has 0 radical (unpaired) electrons. The molecule has 1 aliphatic carbocycles. The summed E-state index contributed by atoms with van der Waals surface area (Å²) in [6, 6.07) is 0. The molecular formula is C11H23NO3. The van der Waals surface area contributed by atoms with Crippen molar-refractivity contribution in [3.8, 4) is 0 Å². The number of nitrogens with zero attached hydrogens (tertiary/aromatic N) is 1. The molecule has 0 heterocycles. The van der Waals surface area contributed by atoms with Gasteiger partial charge in [0, 0.05) is 6.54 Å². The number of likely N-dealkylation sites (N-methyl/N-ethyl adjacent to an activating group) is 1. The first kappa shape index (κ1) is 14.4. The van der Waals surface area contributed by atoms with E-state index in [4.69, 9.17) is 10.2 Å². The van der Waals surface area contributed by atoms with Crippen molar-refractivity contribution in [2.45, 2.75) is 32.1 Å².